The number of amides is 1. The van der Waals surface area contributed by atoms with Gasteiger partial charge in [0.05, 0.1) is 13.0 Å². The molecular formula is C15H22N2O3. The first kappa shape index (κ1) is 16.1. The van der Waals surface area contributed by atoms with Gasteiger partial charge in [0.1, 0.15) is 0 Å². The average molecular weight is 278 g/mol. The van der Waals surface area contributed by atoms with Crippen molar-refractivity contribution in [2.45, 2.75) is 26.7 Å². The summed E-state index contributed by atoms with van der Waals surface area (Å²) in [6.07, 6.45) is 5.08. The van der Waals surface area contributed by atoms with Crippen LogP contribution >= 0.6 is 0 Å². The van der Waals surface area contributed by atoms with Crippen molar-refractivity contribution in [3.63, 3.8) is 0 Å². The van der Waals surface area contributed by atoms with Crippen LogP contribution in [0.1, 0.15) is 37.0 Å². The minimum absolute atomic E-state index is 0.0726. The van der Waals surface area contributed by atoms with Gasteiger partial charge in [0.25, 0.3) is 5.91 Å². The highest BCUT2D eigenvalue weighted by Crippen LogP contribution is 2.09. The lowest BCUT2D eigenvalue weighted by molar-refractivity contribution is -0.145. The van der Waals surface area contributed by atoms with Gasteiger partial charge < -0.3 is 9.64 Å². The maximum Gasteiger partial charge on any atom is 0.310 e. The van der Waals surface area contributed by atoms with Crippen molar-refractivity contribution in [3.8, 4) is 0 Å². The first-order chi connectivity index (χ1) is 9.60. The van der Waals surface area contributed by atoms with Crippen molar-refractivity contribution >= 4 is 11.9 Å². The number of nitrogens with zero attached hydrogens (tertiary/aromatic N) is 2. The summed E-state index contributed by atoms with van der Waals surface area (Å²) in [4.78, 5) is 29.6. The van der Waals surface area contributed by atoms with Crippen LogP contribution in [0.3, 0.4) is 0 Å². The fourth-order valence-corrected chi connectivity index (χ4v) is 1.91. The highest BCUT2D eigenvalue weighted by Gasteiger charge is 2.22. The summed E-state index contributed by atoms with van der Waals surface area (Å²) in [7, 11) is 1.36. The lowest BCUT2D eigenvalue weighted by atomic mass is 10.1. The van der Waals surface area contributed by atoms with Crippen LogP contribution in [0.4, 0.5) is 0 Å². The Balaban J connectivity index is 2.78. The molecule has 0 aliphatic heterocycles. The maximum atomic E-state index is 12.4. The van der Waals surface area contributed by atoms with Crippen molar-refractivity contribution in [1.29, 1.82) is 0 Å². The van der Waals surface area contributed by atoms with E-state index in [1.54, 1.807) is 36.4 Å². The SMILES string of the molecule is CCCCN(CC(C)C(=O)OC)C(=O)c1ccncc1. The molecule has 5 nitrogen and oxygen atoms in total. The average Bonchev–Trinajstić information content (AvgIpc) is 2.50. The summed E-state index contributed by atoms with van der Waals surface area (Å²) in [5.74, 6) is -0.701. The molecule has 1 rings (SSSR count). The number of rotatable bonds is 7. The second kappa shape index (κ2) is 8.30. The number of aromatic nitrogens is 1. The summed E-state index contributed by atoms with van der Waals surface area (Å²) in [5, 5.41) is 0. The summed E-state index contributed by atoms with van der Waals surface area (Å²) >= 11 is 0. The Kier molecular flexibility index (Phi) is 6.70. The van der Waals surface area contributed by atoms with Gasteiger partial charge in [0.2, 0.25) is 0 Å². The minimum Gasteiger partial charge on any atom is -0.469 e. The summed E-state index contributed by atoms with van der Waals surface area (Å²) in [5.41, 5.74) is 0.591. The molecule has 5 heteroatoms. The summed E-state index contributed by atoms with van der Waals surface area (Å²) in [6, 6.07) is 3.37. The Hall–Kier alpha value is -1.91. The fraction of sp³-hybridized carbons (Fsp3) is 0.533. The Bertz CT molecular complexity index is 434. The molecule has 1 amide bonds. The van der Waals surface area contributed by atoms with E-state index in [1.165, 1.54) is 7.11 Å². The number of carbonyl (C=O) groups excluding carboxylic acids is 2. The normalized spacial score (nSPS) is 11.8. The van der Waals surface area contributed by atoms with Crippen molar-refractivity contribution in [1.82, 2.24) is 9.88 Å². The van der Waals surface area contributed by atoms with E-state index in [0.29, 0.717) is 18.7 Å². The second-order valence-corrected chi connectivity index (χ2v) is 4.76. The molecule has 0 spiro atoms. The zero-order chi connectivity index (χ0) is 15.0. The van der Waals surface area contributed by atoms with Crippen LogP contribution in [-0.2, 0) is 9.53 Å². The van der Waals surface area contributed by atoms with Crippen molar-refractivity contribution < 1.29 is 14.3 Å². The van der Waals surface area contributed by atoms with E-state index in [0.717, 1.165) is 12.8 Å². The first-order valence-electron chi connectivity index (χ1n) is 6.87. The molecule has 1 aromatic heterocycles. The lowest BCUT2D eigenvalue weighted by Gasteiger charge is -2.25. The highest BCUT2D eigenvalue weighted by atomic mass is 16.5. The molecule has 0 aromatic carbocycles. The third kappa shape index (κ3) is 4.64. The van der Waals surface area contributed by atoms with Crippen LogP contribution < -0.4 is 0 Å². The number of ether oxygens (including phenoxy) is 1. The molecule has 1 heterocycles. The molecule has 0 saturated heterocycles. The van der Waals surface area contributed by atoms with E-state index in [1.807, 2.05) is 0 Å². The minimum atomic E-state index is -0.331. The van der Waals surface area contributed by atoms with Gasteiger partial charge in [-0.15, -0.1) is 0 Å². The predicted molar refractivity (Wildman–Crippen MR) is 76.2 cm³/mol. The number of methoxy groups -OCH3 is 1. The molecule has 0 aliphatic rings. The van der Waals surface area contributed by atoms with Crippen LogP contribution in [0.2, 0.25) is 0 Å². The number of unbranched alkanes of at least 4 members (excludes halogenated alkanes) is 1. The Morgan fingerprint density at radius 2 is 2.00 bits per heavy atom. The smallest absolute Gasteiger partial charge is 0.310 e. The van der Waals surface area contributed by atoms with E-state index in [9.17, 15) is 9.59 Å². The molecule has 0 fully saturated rings. The summed E-state index contributed by atoms with van der Waals surface area (Å²) in [6.45, 7) is 4.84. The van der Waals surface area contributed by atoms with E-state index >= 15 is 0 Å². The third-order valence-corrected chi connectivity index (χ3v) is 3.09. The van der Waals surface area contributed by atoms with Crippen LogP contribution in [-0.4, -0.2) is 42.0 Å². The number of hydrogen-bond donors (Lipinski definition) is 0. The van der Waals surface area contributed by atoms with E-state index in [4.69, 9.17) is 4.74 Å². The van der Waals surface area contributed by atoms with Gasteiger partial charge in [0.15, 0.2) is 0 Å². The van der Waals surface area contributed by atoms with Gasteiger partial charge in [-0.3, -0.25) is 14.6 Å². The Morgan fingerprint density at radius 1 is 1.35 bits per heavy atom. The molecule has 0 aliphatic carbocycles. The van der Waals surface area contributed by atoms with Gasteiger partial charge in [-0.1, -0.05) is 20.3 Å². The van der Waals surface area contributed by atoms with E-state index in [-0.39, 0.29) is 17.8 Å². The van der Waals surface area contributed by atoms with Crippen molar-refractivity contribution in [2.24, 2.45) is 5.92 Å². The van der Waals surface area contributed by atoms with Gasteiger partial charge in [-0.2, -0.15) is 0 Å². The molecule has 110 valence electrons. The molecule has 1 unspecified atom stereocenters. The monoisotopic (exact) mass is 278 g/mol. The van der Waals surface area contributed by atoms with Crippen LogP contribution in [0.15, 0.2) is 24.5 Å². The standard InChI is InChI=1S/C15H22N2O3/c1-4-5-10-17(11-12(2)15(19)20-3)14(18)13-6-8-16-9-7-13/h6-9,12H,4-5,10-11H2,1-3H3. The topological polar surface area (TPSA) is 59.5 Å². The van der Waals surface area contributed by atoms with Crippen LogP contribution in [0, 0.1) is 5.92 Å². The van der Waals surface area contributed by atoms with Crippen LogP contribution in [0.25, 0.3) is 0 Å². The highest BCUT2D eigenvalue weighted by molar-refractivity contribution is 5.94. The first-order valence-corrected chi connectivity index (χ1v) is 6.87. The zero-order valence-electron chi connectivity index (χ0n) is 12.3. The molecule has 1 atom stereocenters. The third-order valence-electron chi connectivity index (χ3n) is 3.09. The van der Waals surface area contributed by atoms with E-state index in [2.05, 4.69) is 11.9 Å². The van der Waals surface area contributed by atoms with Crippen molar-refractivity contribution in [2.75, 3.05) is 20.2 Å². The number of carbonyl (C=O) groups is 2. The molecule has 0 bridgehead atoms. The molecule has 0 radical (unpaired) electrons. The fourth-order valence-electron chi connectivity index (χ4n) is 1.91. The maximum absolute atomic E-state index is 12.4. The zero-order valence-corrected chi connectivity index (χ0v) is 12.3. The predicted octanol–water partition coefficient (Wildman–Crippen LogP) is 2.13. The molecule has 1 aromatic rings. The van der Waals surface area contributed by atoms with Gasteiger partial charge >= 0.3 is 5.97 Å². The molecular weight excluding hydrogens is 256 g/mol. The number of esters is 1. The lowest BCUT2D eigenvalue weighted by Crippen LogP contribution is -2.38. The van der Waals surface area contributed by atoms with Gasteiger partial charge in [-0.25, -0.2) is 0 Å². The quantitative estimate of drug-likeness (QED) is 0.717. The Morgan fingerprint density at radius 3 is 2.55 bits per heavy atom. The largest absolute Gasteiger partial charge is 0.469 e. The summed E-state index contributed by atoms with van der Waals surface area (Å²) < 4.78 is 4.72. The number of hydrogen-bond acceptors (Lipinski definition) is 4. The Labute approximate surface area is 119 Å². The molecule has 20 heavy (non-hydrogen) atoms. The van der Waals surface area contributed by atoms with Gasteiger partial charge in [-0.05, 0) is 18.6 Å². The second-order valence-electron chi connectivity index (χ2n) is 4.76. The molecule has 0 saturated carbocycles. The molecule has 0 N–H and O–H groups in total. The van der Waals surface area contributed by atoms with E-state index < -0.39 is 0 Å². The van der Waals surface area contributed by atoms with Crippen LogP contribution in [0.5, 0.6) is 0 Å². The number of pyridine rings is 1. The van der Waals surface area contributed by atoms with Gasteiger partial charge in [0, 0.05) is 31.0 Å². The van der Waals surface area contributed by atoms with Crippen molar-refractivity contribution in [3.05, 3.63) is 30.1 Å².